The molecule has 0 radical (unpaired) electrons. The van der Waals surface area contributed by atoms with Crippen LogP contribution in [0.1, 0.15) is 23.7 Å². The van der Waals surface area contributed by atoms with Crippen LogP contribution in [-0.4, -0.2) is 31.0 Å². The number of nitrogens with zero attached hydrogens (tertiary/aromatic N) is 1. The van der Waals surface area contributed by atoms with Crippen molar-refractivity contribution < 1.29 is 14.7 Å². The molecule has 1 rings (SSSR count). The largest absolute Gasteiger partial charge is 0.481 e. The number of carboxylic acid groups (broad SMARTS) is 1. The second-order valence-corrected chi connectivity index (χ2v) is 4.30. The molecule has 0 aromatic heterocycles. The zero-order chi connectivity index (χ0) is 13.0. The summed E-state index contributed by atoms with van der Waals surface area (Å²) in [4.78, 5) is 24.4. The van der Waals surface area contributed by atoms with Gasteiger partial charge in [-0.05, 0) is 24.3 Å². The molecule has 0 spiro atoms. The molecule has 0 amide bonds. The number of carboxylic acids is 1. The van der Waals surface area contributed by atoms with Crippen LogP contribution in [0.5, 0.6) is 0 Å². The SMILES string of the molecule is C[C@@H](CC(=O)O)C(=O)c1ccc(N(C)C)cc1. The summed E-state index contributed by atoms with van der Waals surface area (Å²) in [5, 5.41) is 8.64. The Morgan fingerprint density at radius 1 is 1.24 bits per heavy atom. The van der Waals surface area contributed by atoms with E-state index in [0.717, 1.165) is 5.69 Å². The molecule has 1 N–H and O–H groups in total. The van der Waals surface area contributed by atoms with Gasteiger partial charge >= 0.3 is 5.97 Å². The van der Waals surface area contributed by atoms with E-state index in [0.29, 0.717) is 5.56 Å². The zero-order valence-electron chi connectivity index (χ0n) is 10.3. The van der Waals surface area contributed by atoms with E-state index in [4.69, 9.17) is 5.11 Å². The Morgan fingerprint density at radius 3 is 2.18 bits per heavy atom. The van der Waals surface area contributed by atoms with E-state index < -0.39 is 11.9 Å². The molecule has 17 heavy (non-hydrogen) atoms. The van der Waals surface area contributed by atoms with Gasteiger partial charge in [0, 0.05) is 31.3 Å². The second-order valence-electron chi connectivity index (χ2n) is 4.30. The summed E-state index contributed by atoms with van der Waals surface area (Å²) < 4.78 is 0. The minimum Gasteiger partial charge on any atom is -0.481 e. The van der Waals surface area contributed by atoms with Gasteiger partial charge in [-0.3, -0.25) is 9.59 Å². The lowest BCUT2D eigenvalue weighted by Gasteiger charge is -2.13. The maximum absolute atomic E-state index is 11.9. The van der Waals surface area contributed by atoms with E-state index in [1.807, 2.05) is 31.1 Å². The Bertz CT molecular complexity index is 409. The molecule has 1 atom stereocenters. The van der Waals surface area contributed by atoms with E-state index >= 15 is 0 Å². The van der Waals surface area contributed by atoms with E-state index in [1.165, 1.54) is 0 Å². The van der Waals surface area contributed by atoms with Crippen molar-refractivity contribution in [2.75, 3.05) is 19.0 Å². The smallest absolute Gasteiger partial charge is 0.304 e. The summed E-state index contributed by atoms with van der Waals surface area (Å²) >= 11 is 0. The number of aliphatic carboxylic acids is 1. The van der Waals surface area contributed by atoms with Crippen LogP contribution in [0.4, 0.5) is 5.69 Å². The van der Waals surface area contributed by atoms with Crippen molar-refractivity contribution in [3.8, 4) is 0 Å². The van der Waals surface area contributed by atoms with Crippen molar-refractivity contribution in [2.24, 2.45) is 5.92 Å². The molecule has 0 aliphatic carbocycles. The first-order chi connectivity index (χ1) is 7.91. The lowest BCUT2D eigenvalue weighted by molar-refractivity contribution is -0.137. The fraction of sp³-hybridized carbons (Fsp3) is 0.385. The third-order valence-corrected chi connectivity index (χ3v) is 2.60. The number of Topliss-reactive ketones (excluding diaryl/α,β-unsaturated/α-hetero) is 1. The minimum atomic E-state index is -0.948. The van der Waals surface area contributed by atoms with Crippen LogP contribution in [0.25, 0.3) is 0 Å². The first-order valence-corrected chi connectivity index (χ1v) is 5.45. The Balaban J connectivity index is 2.79. The molecule has 1 aromatic carbocycles. The lowest BCUT2D eigenvalue weighted by Crippen LogP contribution is -2.15. The van der Waals surface area contributed by atoms with Gasteiger partial charge in [0.25, 0.3) is 0 Å². The molecule has 1 aromatic rings. The van der Waals surface area contributed by atoms with Crippen LogP contribution < -0.4 is 4.90 Å². The Hall–Kier alpha value is -1.84. The fourth-order valence-electron chi connectivity index (χ4n) is 1.56. The lowest BCUT2D eigenvalue weighted by atomic mass is 9.96. The molecule has 0 saturated heterocycles. The van der Waals surface area contributed by atoms with E-state index in [9.17, 15) is 9.59 Å². The van der Waals surface area contributed by atoms with Crippen LogP contribution in [0, 0.1) is 5.92 Å². The van der Waals surface area contributed by atoms with Gasteiger partial charge in [0.05, 0.1) is 6.42 Å². The van der Waals surface area contributed by atoms with Crippen LogP contribution in [-0.2, 0) is 4.79 Å². The second kappa shape index (κ2) is 5.48. The van der Waals surface area contributed by atoms with Crippen molar-refractivity contribution in [1.29, 1.82) is 0 Å². The zero-order valence-corrected chi connectivity index (χ0v) is 10.3. The number of carbonyl (C=O) groups excluding carboxylic acids is 1. The van der Waals surface area contributed by atoms with Gasteiger partial charge in [-0.15, -0.1) is 0 Å². The summed E-state index contributed by atoms with van der Waals surface area (Å²) in [6.07, 6.45) is -0.131. The fourth-order valence-corrected chi connectivity index (χ4v) is 1.56. The van der Waals surface area contributed by atoms with Crippen LogP contribution >= 0.6 is 0 Å². The van der Waals surface area contributed by atoms with Gasteiger partial charge in [0.2, 0.25) is 0 Å². The van der Waals surface area contributed by atoms with Crippen molar-refractivity contribution in [3.05, 3.63) is 29.8 Å². The molecule has 4 nitrogen and oxygen atoms in total. The highest BCUT2D eigenvalue weighted by atomic mass is 16.4. The van der Waals surface area contributed by atoms with Gasteiger partial charge in [0.15, 0.2) is 5.78 Å². The number of carbonyl (C=O) groups is 2. The number of ketones is 1. The predicted octanol–water partition coefficient (Wildman–Crippen LogP) is 2.05. The molecule has 92 valence electrons. The van der Waals surface area contributed by atoms with Crippen molar-refractivity contribution in [3.63, 3.8) is 0 Å². The van der Waals surface area contributed by atoms with Crippen LogP contribution in [0.3, 0.4) is 0 Å². The molecule has 0 aliphatic heterocycles. The topological polar surface area (TPSA) is 57.6 Å². The molecule has 0 aliphatic rings. The summed E-state index contributed by atoms with van der Waals surface area (Å²) in [5.41, 5.74) is 1.57. The standard InChI is InChI=1S/C13H17NO3/c1-9(8-12(15)16)13(17)10-4-6-11(7-5-10)14(2)3/h4-7,9H,8H2,1-3H3,(H,15,16)/t9-/m0/s1. The maximum Gasteiger partial charge on any atom is 0.304 e. The molecule has 0 unspecified atom stereocenters. The summed E-state index contributed by atoms with van der Waals surface area (Å²) in [7, 11) is 3.84. The maximum atomic E-state index is 11.9. The Labute approximate surface area is 101 Å². The summed E-state index contributed by atoms with van der Waals surface area (Å²) in [5.74, 6) is -1.56. The van der Waals surface area contributed by atoms with Gasteiger partial charge in [-0.25, -0.2) is 0 Å². The van der Waals surface area contributed by atoms with E-state index in [-0.39, 0.29) is 12.2 Å². The van der Waals surface area contributed by atoms with Gasteiger partial charge in [-0.2, -0.15) is 0 Å². The van der Waals surface area contributed by atoms with Crippen molar-refractivity contribution in [2.45, 2.75) is 13.3 Å². The Morgan fingerprint density at radius 2 is 1.76 bits per heavy atom. The molecule has 4 heteroatoms. The van der Waals surface area contributed by atoms with Crippen molar-refractivity contribution >= 4 is 17.4 Å². The quantitative estimate of drug-likeness (QED) is 0.793. The minimum absolute atomic E-state index is 0.127. The number of hydrogen-bond donors (Lipinski definition) is 1. The summed E-state index contributed by atoms with van der Waals surface area (Å²) in [6, 6.07) is 7.16. The molecule has 0 bridgehead atoms. The first kappa shape index (κ1) is 13.2. The number of rotatable bonds is 5. The van der Waals surface area contributed by atoms with E-state index in [1.54, 1.807) is 19.1 Å². The highest BCUT2D eigenvalue weighted by Crippen LogP contribution is 2.16. The van der Waals surface area contributed by atoms with Crippen LogP contribution in [0.2, 0.25) is 0 Å². The van der Waals surface area contributed by atoms with Crippen molar-refractivity contribution in [1.82, 2.24) is 0 Å². The predicted molar refractivity (Wildman–Crippen MR) is 66.5 cm³/mol. The van der Waals surface area contributed by atoms with Gasteiger partial charge in [0.1, 0.15) is 0 Å². The monoisotopic (exact) mass is 235 g/mol. The molecular weight excluding hydrogens is 218 g/mol. The van der Waals surface area contributed by atoms with E-state index in [2.05, 4.69) is 0 Å². The molecule has 0 heterocycles. The highest BCUT2D eigenvalue weighted by molar-refractivity contribution is 5.99. The normalized spacial score (nSPS) is 11.9. The van der Waals surface area contributed by atoms with Gasteiger partial charge < -0.3 is 10.0 Å². The Kier molecular flexibility index (Phi) is 4.26. The average Bonchev–Trinajstić information content (AvgIpc) is 2.27. The molecule has 0 fully saturated rings. The number of anilines is 1. The number of hydrogen-bond acceptors (Lipinski definition) is 3. The first-order valence-electron chi connectivity index (χ1n) is 5.45. The average molecular weight is 235 g/mol. The van der Waals surface area contributed by atoms with Gasteiger partial charge in [-0.1, -0.05) is 6.92 Å². The molecular formula is C13H17NO3. The highest BCUT2D eigenvalue weighted by Gasteiger charge is 2.18. The van der Waals surface area contributed by atoms with Crippen LogP contribution in [0.15, 0.2) is 24.3 Å². The summed E-state index contributed by atoms with van der Waals surface area (Å²) in [6.45, 7) is 1.64. The third-order valence-electron chi connectivity index (χ3n) is 2.60. The third kappa shape index (κ3) is 3.59. The molecule has 0 saturated carbocycles. The number of benzene rings is 1.